The maximum absolute atomic E-state index is 13.2. The molecule has 0 heterocycles. The number of halogens is 2. The molecule has 19 heteroatoms. The fourth-order valence-electron chi connectivity index (χ4n) is 4.65. The summed E-state index contributed by atoms with van der Waals surface area (Å²) in [6.45, 7) is 7.14. The van der Waals surface area contributed by atoms with Gasteiger partial charge in [0.1, 0.15) is 42.5 Å². The number of guanidine groups is 1. The summed E-state index contributed by atoms with van der Waals surface area (Å²) in [7, 11) is -6.06. The Morgan fingerprint density at radius 3 is 1.59 bits per heavy atom. The van der Waals surface area contributed by atoms with Crippen LogP contribution in [-0.4, -0.2) is 59.1 Å². The van der Waals surface area contributed by atoms with Crippen LogP contribution in [0.25, 0.3) is 0 Å². The number of hydrogen-bond acceptors (Lipinski definition) is 11. The lowest BCUT2D eigenvalue weighted by Crippen LogP contribution is -2.43. The van der Waals surface area contributed by atoms with Crippen molar-refractivity contribution < 1.29 is 54.0 Å². The monoisotopic (exact) mass is 823 g/mol. The van der Waals surface area contributed by atoms with Gasteiger partial charge in [-0.25, -0.2) is 9.68 Å². The topological polar surface area (TPSA) is 180 Å². The SMILES string of the molecule is CCC=[N+](N=C(N)N[N+](=CCC)Oc1cc(C)cc(OS(=O)(=O)c2cc(Cl)ccc2OC)c1)Oc1cc(C)cc(OS(=O)(=O)c2cc(Cl)ccc2OC)c1. The number of hydrazine groups is 1. The van der Waals surface area contributed by atoms with Crippen LogP contribution >= 0.6 is 23.2 Å². The Kier molecular flexibility index (Phi) is 14.0. The van der Waals surface area contributed by atoms with Crippen molar-refractivity contribution in [1.29, 1.82) is 0 Å². The number of hydrogen-bond donors (Lipinski definition) is 2. The van der Waals surface area contributed by atoms with E-state index in [9.17, 15) is 16.8 Å². The largest absolute Gasteiger partial charge is 0.495 e. The van der Waals surface area contributed by atoms with Crippen molar-refractivity contribution in [2.45, 2.75) is 50.3 Å². The van der Waals surface area contributed by atoms with Gasteiger partial charge in [0.25, 0.3) is 0 Å². The average molecular weight is 825 g/mol. The minimum absolute atomic E-state index is 0.0387. The molecule has 4 aromatic rings. The quantitative estimate of drug-likeness (QED) is 0.0432. The van der Waals surface area contributed by atoms with E-state index in [0.29, 0.717) is 24.0 Å². The van der Waals surface area contributed by atoms with Crippen molar-refractivity contribution in [3.8, 4) is 34.5 Å². The first-order valence-electron chi connectivity index (χ1n) is 16.1. The summed E-state index contributed by atoms with van der Waals surface area (Å²) in [4.78, 5) is 13.6. The molecule has 3 N–H and O–H groups in total. The second kappa shape index (κ2) is 18.2. The fraction of sp³-hybridized carbons (Fsp3) is 0.229. The number of nitrogens with zero attached hydrogens (tertiary/aromatic N) is 3. The second-order valence-electron chi connectivity index (χ2n) is 11.2. The van der Waals surface area contributed by atoms with Crippen molar-refractivity contribution >= 4 is 61.8 Å². The number of ether oxygens (including phenoxy) is 2. The van der Waals surface area contributed by atoms with Crippen molar-refractivity contribution in [2.24, 2.45) is 10.8 Å². The van der Waals surface area contributed by atoms with Gasteiger partial charge >= 0.3 is 26.2 Å². The van der Waals surface area contributed by atoms with Gasteiger partial charge < -0.3 is 23.6 Å². The number of benzene rings is 4. The number of nitrogens with one attached hydrogen (secondary N) is 1. The summed E-state index contributed by atoms with van der Waals surface area (Å²) in [5, 5.41) is 4.62. The molecule has 0 saturated carbocycles. The molecule has 0 aliphatic heterocycles. The lowest BCUT2D eigenvalue weighted by Gasteiger charge is -2.12. The summed E-state index contributed by atoms with van der Waals surface area (Å²) in [5.41, 5.74) is 10.3. The van der Waals surface area contributed by atoms with E-state index in [2.05, 4.69) is 10.5 Å². The van der Waals surface area contributed by atoms with E-state index in [1.165, 1.54) is 79.7 Å². The molecule has 0 spiro atoms. The van der Waals surface area contributed by atoms with Crippen molar-refractivity contribution in [3.05, 3.63) is 94.0 Å². The van der Waals surface area contributed by atoms with E-state index < -0.39 is 20.2 Å². The second-order valence-corrected chi connectivity index (χ2v) is 15.1. The summed E-state index contributed by atoms with van der Waals surface area (Å²) < 4.78 is 73.9. The van der Waals surface area contributed by atoms with E-state index in [4.69, 9.17) is 56.5 Å². The predicted molar refractivity (Wildman–Crippen MR) is 203 cm³/mol. The molecular formula is C35H39Cl2N5O10S2+2. The lowest BCUT2D eigenvalue weighted by molar-refractivity contribution is -0.777. The highest BCUT2D eigenvalue weighted by Crippen LogP contribution is 2.33. The van der Waals surface area contributed by atoms with Gasteiger partial charge in [-0.3, -0.25) is 0 Å². The summed E-state index contributed by atoms with van der Waals surface area (Å²) in [6, 6.07) is 17.3. The number of aryl methyl sites for hydroxylation is 2. The summed E-state index contributed by atoms with van der Waals surface area (Å²) in [6.07, 6.45) is 4.12. The van der Waals surface area contributed by atoms with Crippen LogP contribution in [-0.2, 0) is 20.2 Å². The molecule has 4 aromatic carbocycles. The van der Waals surface area contributed by atoms with Gasteiger partial charge in [-0.2, -0.15) is 16.8 Å². The first-order valence-corrected chi connectivity index (χ1v) is 19.6. The lowest BCUT2D eigenvalue weighted by atomic mass is 10.2. The van der Waals surface area contributed by atoms with Crippen LogP contribution in [0.15, 0.2) is 87.7 Å². The third-order valence-electron chi connectivity index (χ3n) is 6.77. The van der Waals surface area contributed by atoms with Gasteiger partial charge in [-0.1, -0.05) is 42.5 Å². The molecule has 54 heavy (non-hydrogen) atoms. The van der Waals surface area contributed by atoms with Crippen LogP contribution in [0.5, 0.6) is 34.5 Å². The minimum atomic E-state index is -4.36. The maximum Gasteiger partial charge on any atom is 0.342 e. The minimum Gasteiger partial charge on any atom is -0.495 e. The maximum atomic E-state index is 13.2. The molecule has 15 nitrogen and oxygen atoms in total. The first-order chi connectivity index (χ1) is 25.5. The molecule has 0 unspecified atom stereocenters. The Bertz CT molecular complexity index is 2320. The van der Waals surface area contributed by atoms with Gasteiger partial charge in [0.05, 0.1) is 19.3 Å². The Morgan fingerprint density at radius 1 is 0.704 bits per heavy atom. The van der Waals surface area contributed by atoms with E-state index in [0.717, 1.165) is 4.85 Å². The van der Waals surface area contributed by atoms with Crippen molar-refractivity contribution in [3.63, 3.8) is 0 Å². The van der Waals surface area contributed by atoms with E-state index in [-0.39, 0.29) is 60.3 Å². The van der Waals surface area contributed by atoms with Gasteiger partial charge in [0, 0.05) is 35.0 Å². The standard InChI is InChI=1S/C35H39Cl2N5O10S2/c1-7-13-41(49-27-15-23(3)17-29(21-27)51-53(43,44)33-19-25(36)9-11-31(33)47-5)39-35(38)40-42(14-8-2)50-28-16-24(4)18-30(22-28)52-54(45,46)34-20-26(37)10-12-32(34)48-6/h9-22H,7-8H2,1-6H3,(H3,38,39,40)/q+2. The van der Waals surface area contributed by atoms with E-state index in [1.54, 1.807) is 38.4 Å². The molecule has 0 radical (unpaired) electrons. The van der Waals surface area contributed by atoms with Gasteiger partial charge in [-0.15, -0.1) is 0 Å². The number of nitrogens with two attached hydrogens (primary N) is 1. The highest BCUT2D eigenvalue weighted by Gasteiger charge is 2.25. The van der Waals surface area contributed by atoms with E-state index in [1.807, 2.05) is 13.8 Å². The molecule has 0 aromatic heterocycles. The highest BCUT2D eigenvalue weighted by atomic mass is 35.5. The predicted octanol–water partition coefficient (Wildman–Crippen LogP) is 6.17. The van der Waals surface area contributed by atoms with Crippen LogP contribution < -0.4 is 38.7 Å². The molecule has 0 fully saturated rings. The molecule has 0 bridgehead atoms. The summed E-state index contributed by atoms with van der Waals surface area (Å²) >= 11 is 12.1. The molecule has 288 valence electrons. The number of rotatable bonds is 16. The zero-order chi connectivity index (χ0) is 39.6. The van der Waals surface area contributed by atoms with Crippen molar-refractivity contribution in [2.75, 3.05) is 14.2 Å². The van der Waals surface area contributed by atoms with E-state index >= 15 is 0 Å². The Balaban J connectivity index is 1.53. The van der Waals surface area contributed by atoms with Crippen LogP contribution in [0.1, 0.15) is 37.8 Å². The smallest absolute Gasteiger partial charge is 0.342 e. The molecule has 0 aliphatic carbocycles. The molecule has 0 atom stereocenters. The number of hydrazone groups is 2. The first kappa shape index (κ1) is 41.5. The Hall–Kier alpha value is -5.23. The van der Waals surface area contributed by atoms with Gasteiger partial charge in [0.2, 0.25) is 23.9 Å². The average Bonchev–Trinajstić information content (AvgIpc) is 3.07. The normalized spacial score (nSPS) is 12.6. The van der Waals surface area contributed by atoms with Crippen LogP contribution in [0.2, 0.25) is 10.0 Å². The fourth-order valence-corrected chi connectivity index (χ4v) is 7.34. The van der Waals surface area contributed by atoms with Crippen LogP contribution in [0.4, 0.5) is 0 Å². The zero-order valence-electron chi connectivity index (χ0n) is 30.1. The molecule has 0 aliphatic rings. The summed E-state index contributed by atoms with van der Waals surface area (Å²) in [5.74, 6) is 0.203. The third kappa shape index (κ3) is 11.4. The van der Waals surface area contributed by atoms with Crippen LogP contribution in [0, 0.1) is 13.8 Å². The molecular weight excluding hydrogens is 785 g/mol. The molecule has 0 saturated heterocycles. The highest BCUT2D eigenvalue weighted by molar-refractivity contribution is 7.87. The molecule has 0 amide bonds. The zero-order valence-corrected chi connectivity index (χ0v) is 33.2. The Labute approximate surface area is 323 Å². The van der Waals surface area contributed by atoms with Gasteiger partial charge in [-0.05, 0) is 85.6 Å². The van der Waals surface area contributed by atoms with Crippen LogP contribution in [0.3, 0.4) is 0 Å². The third-order valence-corrected chi connectivity index (χ3v) is 9.78. The van der Waals surface area contributed by atoms with Crippen molar-refractivity contribution in [1.82, 2.24) is 5.43 Å². The molecule has 4 rings (SSSR count). The Morgan fingerprint density at radius 2 is 1.15 bits per heavy atom. The number of methoxy groups -OCH3 is 2. The van der Waals surface area contributed by atoms with Gasteiger partial charge in [0.15, 0.2) is 0 Å².